The van der Waals surface area contributed by atoms with Crippen LogP contribution in [0.15, 0.2) is 24.3 Å². The van der Waals surface area contributed by atoms with Crippen molar-refractivity contribution in [2.24, 2.45) is 0 Å². The Labute approximate surface area is 138 Å². The molecule has 2 aromatic rings. The van der Waals surface area contributed by atoms with Crippen LogP contribution in [0.5, 0.6) is 0 Å². The molecule has 0 fully saturated rings. The number of anilines is 2. The summed E-state index contributed by atoms with van der Waals surface area (Å²) in [6.45, 7) is 3.67. The Morgan fingerprint density at radius 3 is 1.20 bits per heavy atom. The van der Waals surface area contributed by atoms with Gasteiger partial charge in [0.25, 0.3) is 0 Å². The van der Waals surface area contributed by atoms with Crippen LogP contribution in [0.3, 0.4) is 0 Å². The van der Waals surface area contributed by atoms with Crippen LogP contribution in [0, 0.1) is 13.8 Å². The molecule has 0 amide bonds. The van der Waals surface area contributed by atoms with Crippen LogP contribution in [0.1, 0.15) is 11.1 Å². The Morgan fingerprint density at radius 1 is 0.650 bits per heavy atom. The average Bonchev–Trinajstić information content (AvgIpc) is 2.43. The summed E-state index contributed by atoms with van der Waals surface area (Å²) in [7, 11) is 0. The van der Waals surface area contributed by atoms with E-state index in [4.69, 9.17) is 57.9 Å². The second kappa shape index (κ2) is 7.28. The summed E-state index contributed by atoms with van der Waals surface area (Å²) >= 11 is 23.0. The first-order chi connectivity index (χ1) is 9.25. The van der Waals surface area contributed by atoms with E-state index in [1.165, 1.54) is 0 Å². The lowest BCUT2D eigenvalue weighted by atomic mass is 10.2. The van der Waals surface area contributed by atoms with Crippen LogP contribution in [-0.2, 0) is 0 Å². The highest BCUT2D eigenvalue weighted by atomic mass is 35.5. The summed E-state index contributed by atoms with van der Waals surface area (Å²) in [6.07, 6.45) is 0. The van der Waals surface area contributed by atoms with Gasteiger partial charge in [0.2, 0.25) is 0 Å². The van der Waals surface area contributed by atoms with Crippen molar-refractivity contribution >= 4 is 57.8 Å². The molecule has 108 valence electrons. The minimum absolute atomic E-state index is 0.549. The molecule has 0 aliphatic carbocycles. The number of nitrogens with two attached hydrogens (primary N) is 2. The second-order valence-corrected chi connectivity index (χ2v) is 5.72. The lowest BCUT2D eigenvalue weighted by Crippen LogP contribution is -1.88. The predicted octanol–water partition coefficient (Wildman–Crippen LogP) is 5.77. The van der Waals surface area contributed by atoms with Crippen LogP contribution in [0.4, 0.5) is 11.4 Å². The molecule has 0 bridgehead atoms. The van der Waals surface area contributed by atoms with Crippen molar-refractivity contribution < 1.29 is 0 Å². The van der Waals surface area contributed by atoms with E-state index in [1.807, 2.05) is 13.8 Å². The maximum atomic E-state index is 5.77. The van der Waals surface area contributed by atoms with Crippen molar-refractivity contribution in [2.75, 3.05) is 11.5 Å². The van der Waals surface area contributed by atoms with E-state index in [0.29, 0.717) is 31.5 Å². The molecule has 6 heteroatoms. The van der Waals surface area contributed by atoms with Crippen molar-refractivity contribution in [3.8, 4) is 0 Å². The van der Waals surface area contributed by atoms with Gasteiger partial charge in [-0.3, -0.25) is 0 Å². The number of rotatable bonds is 0. The molecular weight excluding hydrogens is 338 g/mol. The highest BCUT2D eigenvalue weighted by Gasteiger charge is 2.03. The zero-order valence-corrected chi connectivity index (χ0v) is 14.0. The van der Waals surface area contributed by atoms with Crippen molar-refractivity contribution in [3.05, 3.63) is 55.5 Å². The van der Waals surface area contributed by atoms with Crippen LogP contribution in [0.25, 0.3) is 0 Å². The van der Waals surface area contributed by atoms with Gasteiger partial charge in [0.1, 0.15) is 0 Å². The fourth-order valence-electron chi connectivity index (χ4n) is 1.36. The van der Waals surface area contributed by atoms with Gasteiger partial charge in [-0.15, -0.1) is 0 Å². The molecule has 0 unspecified atom stereocenters. The van der Waals surface area contributed by atoms with Gasteiger partial charge in [-0.1, -0.05) is 46.4 Å². The summed E-state index contributed by atoms with van der Waals surface area (Å²) in [5.74, 6) is 0. The van der Waals surface area contributed by atoms with Crippen LogP contribution in [-0.4, -0.2) is 0 Å². The average molecular weight is 352 g/mol. The first kappa shape index (κ1) is 17.3. The Hall–Kier alpha value is -0.800. The lowest BCUT2D eigenvalue weighted by Gasteiger charge is -2.02. The van der Waals surface area contributed by atoms with E-state index in [1.54, 1.807) is 24.3 Å². The molecule has 2 rings (SSSR count). The topological polar surface area (TPSA) is 52.0 Å². The third-order valence-corrected chi connectivity index (χ3v) is 4.52. The highest BCUT2D eigenvalue weighted by Crippen LogP contribution is 2.29. The minimum Gasteiger partial charge on any atom is -0.398 e. The zero-order chi connectivity index (χ0) is 15.4. The summed E-state index contributed by atoms with van der Waals surface area (Å²) in [4.78, 5) is 0. The smallest absolute Gasteiger partial charge is 0.0679 e. The fourth-order valence-corrected chi connectivity index (χ4v) is 2.11. The van der Waals surface area contributed by atoms with E-state index in [0.717, 1.165) is 11.1 Å². The molecular formula is C14H14Cl4N2. The predicted molar refractivity (Wildman–Crippen MR) is 91.2 cm³/mol. The molecule has 0 heterocycles. The maximum Gasteiger partial charge on any atom is 0.0679 e. The first-order valence-corrected chi connectivity index (χ1v) is 7.17. The molecule has 2 aromatic carbocycles. The molecule has 0 spiro atoms. The number of hydrogen-bond acceptors (Lipinski definition) is 2. The summed E-state index contributed by atoms with van der Waals surface area (Å²) in [6, 6.07) is 6.85. The summed E-state index contributed by atoms with van der Waals surface area (Å²) in [5, 5.41) is 2.40. The van der Waals surface area contributed by atoms with Crippen molar-refractivity contribution in [3.63, 3.8) is 0 Å². The third-order valence-electron chi connectivity index (χ3n) is 2.70. The van der Waals surface area contributed by atoms with Gasteiger partial charge >= 0.3 is 0 Å². The molecule has 0 saturated heterocycles. The van der Waals surface area contributed by atoms with Gasteiger partial charge in [-0.2, -0.15) is 0 Å². The Bertz CT molecular complexity index is 518. The van der Waals surface area contributed by atoms with Gasteiger partial charge < -0.3 is 11.5 Å². The molecule has 0 radical (unpaired) electrons. The van der Waals surface area contributed by atoms with Gasteiger partial charge in [-0.05, 0) is 49.2 Å². The summed E-state index contributed by atoms with van der Waals surface area (Å²) in [5.41, 5.74) is 13.8. The Balaban J connectivity index is 0.000000200. The zero-order valence-electron chi connectivity index (χ0n) is 11.0. The Morgan fingerprint density at radius 2 is 0.950 bits per heavy atom. The van der Waals surface area contributed by atoms with Crippen LogP contribution >= 0.6 is 46.4 Å². The molecule has 0 saturated carbocycles. The molecule has 0 aromatic heterocycles. The van der Waals surface area contributed by atoms with Crippen LogP contribution in [0.2, 0.25) is 20.1 Å². The third kappa shape index (κ3) is 4.10. The van der Waals surface area contributed by atoms with Crippen molar-refractivity contribution in [1.82, 2.24) is 0 Å². The van der Waals surface area contributed by atoms with Gasteiger partial charge in [0.15, 0.2) is 0 Å². The molecule has 2 nitrogen and oxygen atoms in total. The van der Waals surface area contributed by atoms with Crippen molar-refractivity contribution in [2.45, 2.75) is 13.8 Å². The van der Waals surface area contributed by atoms with Gasteiger partial charge in [0.05, 0.1) is 21.4 Å². The maximum absolute atomic E-state index is 5.77. The highest BCUT2D eigenvalue weighted by molar-refractivity contribution is 6.38. The first-order valence-electron chi connectivity index (χ1n) is 5.65. The van der Waals surface area contributed by atoms with E-state index >= 15 is 0 Å². The number of hydrogen-bond donors (Lipinski definition) is 2. The molecule has 0 aliphatic rings. The molecule has 0 aliphatic heterocycles. The number of nitrogen functional groups attached to an aromatic ring is 2. The Kier molecular flexibility index (Phi) is 6.28. The SMILES string of the molecule is Cc1c(Cl)ccc(N)c1Cl.Cc1c(Cl)ccc(N)c1Cl. The molecule has 20 heavy (non-hydrogen) atoms. The standard InChI is InChI=1S/2C7H7Cl2N/c2*1-4-5(8)2-3-6(10)7(4)9/h2*2-3H,10H2,1H3. The van der Waals surface area contributed by atoms with Gasteiger partial charge in [0, 0.05) is 10.0 Å². The second-order valence-electron chi connectivity index (χ2n) is 4.15. The number of halogens is 4. The van der Waals surface area contributed by atoms with Gasteiger partial charge in [-0.25, -0.2) is 0 Å². The lowest BCUT2D eigenvalue weighted by molar-refractivity contribution is 1.47. The van der Waals surface area contributed by atoms with Crippen LogP contribution < -0.4 is 11.5 Å². The minimum atomic E-state index is 0.549. The fraction of sp³-hybridized carbons (Fsp3) is 0.143. The quantitative estimate of drug-likeness (QED) is 0.592. The van der Waals surface area contributed by atoms with Crippen molar-refractivity contribution in [1.29, 1.82) is 0 Å². The normalized spacial score (nSPS) is 9.90. The summed E-state index contributed by atoms with van der Waals surface area (Å²) < 4.78 is 0. The molecule has 0 atom stereocenters. The number of benzene rings is 2. The van der Waals surface area contributed by atoms with E-state index in [2.05, 4.69) is 0 Å². The van der Waals surface area contributed by atoms with E-state index in [9.17, 15) is 0 Å². The van der Waals surface area contributed by atoms with E-state index in [-0.39, 0.29) is 0 Å². The monoisotopic (exact) mass is 350 g/mol. The van der Waals surface area contributed by atoms with E-state index < -0.39 is 0 Å². The molecule has 4 N–H and O–H groups in total. The largest absolute Gasteiger partial charge is 0.398 e.